The Kier molecular flexibility index (Phi) is 8.36. The van der Waals surface area contributed by atoms with Crippen LogP contribution in [-0.2, 0) is 6.54 Å². The Morgan fingerprint density at radius 3 is 1.95 bits per heavy atom. The van der Waals surface area contributed by atoms with Crippen molar-refractivity contribution < 1.29 is 0 Å². The van der Waals surface area contributed by atoms with E-state index >= 15 is 0 Å². The van der Waals surface area contributed by atoms with Crippen molar-refractivity contribution in [3.05, 3.63) is 29.8 Å². The van der Waals surface area contributed by atoms with Crippen LogP contribution in [0, 0.1) is 0 Å². The second-order valence-electron chi connectivity index (χ2n) is 5.90. The number of nitrogens with one attached hydrogen (secondary N) is 1. The average Bonchev–Trinajstić information content (AvgIpc) is 2.46. The second-order valence-corrected chi connectivity index (χ2v) is 5.90. The van der Waals surface area contributed by atoms with Gasteiger partial charge in [-0.3, -0.25) is 0 Å². The summed E-state index contributed by atoms with van der Waals surface area (Å²) in [4.78, 5) is 2.53. The summed E-state index contributed by atoms with van der Waals surface area (Å²) in [7, 11) is 0. The quantitative estimate of drug-likeness (QED) is 0.672. The largest absolute Gasteiger partial charge is 0.372 e. The Bertz CT molecular complexity index is 335. The van der Waals surface area contributed by atoms with Crippen LogP contribution in [-0.4, -0.2) is 19.1 Å². The predicted molar refractivity (Wildman–Crippen MR) is 90.4 cm³/mol. The first-order valence-electron chi connectivity index (χ1n) is 8.24. The van der Waals surface area contributed by atoms with E-state index in [9.17, 15) is 0 Å². The summed E-state index contributed by atoms with van der Waals surface area (Å²) >= 11 is 0. The van der Waals surface area contributed by atoms with Crippen molar-refractivity contribution in [2.24, 2.45) is 0 Å². The molecule has 20 heavy (non-hydrogen) atoms. The fourth-order valence-electron chi connectivity index (χ4n) is 2.21. The zero-order valence-electron chi connectivity index (χ0n) is 13.8. The lowest BCUT2D eigenvalue weighted by atomic mass is 10.1. The first-order valence-corrected chi connectivity index (χ1v) is 8.24. The topological polar surface area (TPSA) is 15.3 Å². The molecule has 1 N–H and O–H groups in total. The van der Waals surface area contributed by atoms with Crippen LogP contribution >= 0.6 is 0 Å². The van der Waals surface area contributed by atoms with Crippen molar-refractivity contribution >= 4 is 5.69 Å². The predicted octanol–water partition coefficient (Wildman–Crippen LogP) is 4.59. The van der Waals surface area contributed by atoms with Crippen molar-refractivity contribution in [3.63, 3.8) is 0 Å². The third kappa shape index (κ3) is 6.42. The number of hydrogen-bond acceptors (Lipinski definition) is 2. The molecule has 0 aromatic heterocycles. The molecule has 0 amide bonds. The van der Waals surface area contributed by atoms with Gasteiger partial charge in [-0.05, 0) is 30.5 Å². The summed E-state index contributed by atoms with van der Waals surface area (Å²) in [5.74, 6) is 0. The maximum Gasteiger partial charge on any atom is 0.0366 e. The van der Waals surface area contributed by atoms with Crippen LogP contribution in [0.2, 0.25) is 0 Å². The molecule has 2 nitrogen and oxygen atoms in total. The van der Waals surface area contributed by atoms with Crippen LogP contribution in [0.15, 0.2) is 24.3 Å². The summed E-state index contributed by atoms with van der Waals surface area (Å²) < 4.78 is 0. The highest BCUT2D eigenvalue weighted by molar-refractivity contribution is 5.47. The van der Waals surface area contributed by atoms with Crippen molar-refractivity contribution in [1.82, 2.24) is 5.32 Å². The molecule has 0 aliphatic rings. The van der Waals surface area contributed by atoms with E-state index in [1.54, 1.807) is 0 Å². The van der Waals surface area contributed by atoms with E-state index in [2.05, 4.69) is 62.2 Å². The molecule has 0 aliphatic heterocycles. The molecule has 114 valence electrons. The smallest absolute Gasteiger partial charge is 0.0366 e. The lowest BCUT2D eigenvalue weighted by Crippen LogP contribution is -2.25. The van der Waals surface area contributed by atoms with Gasteiger partial charge in [0.1, 0.15) is 0 Å². The van der Waals surface area contributed by atoms with Gasteiger partial charge in [0, 0.05) is 31.4 Å². The maximum absolute atomic E-state index is 3.47. The van der Waals surface area contributed by atoms with E-state index in [1.165, 1.54) is 50.0 Å². The summed E-state index contributed by atoms with van der Waals surface area (Å²) in [5.41, 5.74) is 2.74. The molecule has 0 radical (unpaired) electrons. The average molecular weight is 276 g/mol. The van der Waals surface area contributed by atoms with E-state index in [-0.39, 0.29) is 0 Å². The van der Waals surface area contributed by atoms with Gasteiger partial charge < -0.3 is 10.2 Å². The van der Waals surface area contributed by atoms with E-state index < -0.39 is 0 Å². The highest BCUT2D eigenvalue weighted by atomic mass is 15.1. The van der Waals surface area contributed by atoms with E-state index in [0.29, 0.717) is 6.04 Å². The Labute approximate surface area is 125 Å². The van der Waals surface area contributed by atoms with Crippen molar-refractivity contribution in [3.8, 4) is 0 Å². The van der Waals surface area contributed by atoms with Crippen LogP contribution in [0.1, 0.15) is 58.9 Å². The summed E-state index contributed by atoms with van der Waals surface area (Å²) in [6.45, 7) is 12.2. The Hall–Kier alpha value is -1.02. The van der Waals surface area contributed by atoms with Gasteiger partial charge in [0.05, 0.1) is 0 Å². The third-order valence-electron chi connectivity index (χ3n) is 3.58. The molecule has 0 heterocycles. The standard InChI is InChI=1S/C18H32N2/c1-5-7-13-20(14-8-6-2)18-11-9-17(10-12-18)15-19-16(3)4/h9-12,16,19H,5-8,13-15H2,1-4H3. The van der Waals surface area contributed by atoms with Crippen LogP contribution in [0.4, 0.5) is 5.69 Å². The molecule has 0 saturated heterocycles. The van der Waals surface area contributed by atoms with Gasteiger partial charge in [0.15, 0.2) is 0 Å². The molecule has 0 spiro atoms. The monoisotopic (exact) mass is 276 g/mol. The molecule has 0 atom stereocenters. The molecule has 1 aromatic carbocycles. The first kappa shape index (κ1) is 17.0. The van der Waals surface area contributed by atoms with Crippen LogP contribution in [0.5, 0.6) is 0 Å². The molecule has 0 fully saturated rings. The SMILES string of the molecule is CCCCN(CCCC)c1ccc(CNC(C)C)cc1. The molecule has 0 saturated carbocycles. The van der Waals surface area contributed by atoms with E-state index in [0.717, 1.165) is 6.54 Å². The van der Waals surface area contributed by atoms with Gasteiger partial charge in [-0.2, -0.15) is 0 Å². The zero-order chi connectivity index (χ0) is 14.8. The number of unbranched alkanes of at least 4 members (excludes halogenated alkanes) is 2. The molecular formula is C18H32N2. The molecule has 0 aliphatic carbocycles. The summed E-state index contributed by atoms with van der Waals surface area (Å²) in [6, 6.07) is 9.62. The van der Waals surface area contributed by atoms with Crippen LogP contribution in [0.25, 0.3) is 0 Å². The number of hydrogen-bond donors (Lipinski definition) is 1. The number of nitrogens with zero attached hydrogens (tertiary/aromatic N) is 1. The van der Waals surface area contributed by atoms with Crippen molar-refractivity contribution in [2.45, 2.75) is 66.0 Å². The molecule has 0 bridgehead atoms. The fourth-order valence-corrected chi connectivity index (χ4v) is 2.21. The zero-order valence-corrected chi connectivity index (χ0v) is 13.8. The third-order valence-corrected chi connectivity index (χ3v) is 3.58. The van der Waals surface area contributed by atoms with Crippen molar-refractivity contribution in [1.29, 1.82) is 0 Å². The lowest BCUT2D eigenvalue weighted by Gasteiger charge is -2.25. The summed E-state index contributed by atoms with van der Waals surface area (Å²) in [6.07, 6.45) is 5.08. The van der Waals surface area contributed by atoms with Crippen LogP contribution in [0.3, 0.4) is 0 Å². The normalized spacial score (nSPS) is 11.1. The second kappa shape index (κ2) is 9.82. The first-order chi connectivity index (χ1) is 9.67. The van der Waals surface area contributed by atoms with Gasteiger partial charge in [-0.25, -0.2) is 0 Å². The lowest BCUT2D eigenvalue weighted by molar-refractivity contribution is 0.589. The van der Waals surface area contributed by atoms with Gasteiger partial charge >= 0.3 is 0 Å². The minimum absolute atomic E-state index is 0.542. The van der Waals surface area contributed by atoms with E-state index in [1.807, 2.05) is 0 Å². The molecule has 1 aromatic rings. The number of benzene rings is 1. The van der Waals surface area contributed by atoms with Gasteiger partial charge in [0.25, 0.3) is 0 Å². The van der Waals surface area contributed by atoms with Gasteiger partial charge in [-0.15, -0.1) is 0 Å². The maximum atomic E-state index is 3.47. The minimum atomic E-state index is 0.542. The molecule has 1 rings (SSSR count). The van der Waals surface area contributed by atoms with Gasteiger partial charge in [-0.1, -0.05) is 52.7 Å². The summed E-state index contributed by atoms with van der Waals surface area (Å²) in [5, 5.41) is 3.47. The highest BCUT2D eigenvalue weighted by Gasteiger charge is 2.05. The number of rotatable bonds is 10. The Balaban J connectivity index is 2.61. The highest BCUT2D eigenvalue weighted by Crippen LogP contribution is 2.17. The van der Waals surface area contributed by atoms with E-state index in [4.69, 9.17) is 0 Å². The van der Waals surface area contributed by atoms with Crippen molar-refractivity contribution in [2.75, 3.05) is 18.0 Å². The molecule has 2 heteroatoms. The Morgan fingerprint density at radius 1 is 0.950 bits per heavy atom. The fraction of sp³-hybridized carbons (Fsp3) is 0.667. The molecule has 0 unspecified atom stereocenters. The molecular weight excluding hydrogens is 244 g/mol. The van der Waals surface area contributed by atoms with Crippen LogP contribution < -0.4 is 10.2 Å². The number of anilines is 1. The Morgan fingerprint density at radius 2 is 1.50 bits per heavy atom. The minimum Gasteiger partial charge on any atom is -0.372 e. The van der Waals surface area contributed by atoms with Gasteiger partial charge in [0.2, 0.25) is 0 Å².